The first-order valence-corrected chi connectivity index (χ1v) is 7.63. The summed E-state index contributed by atoms with van der Waals surface area (Å²) in [5, 5.41) is 7.61. The van der Waals surface area contributed by atoms with Gasteiger partial charge in [0.25, 0.3) is 11.5 Å². The van der Waals surface area contributed by atoms with Crippen LogP contribution in [0.15, 0.2) is 23.0 Å². The normalized spacial score (nSPS) is 12.3. The van der Waals surface area contributed by atoms with Crippen LogP contribution in [0.5, 0.6) is 0 Å². The van der Waals surface area contributed by atoms with Crippen LogP contribution in [-0.2, 0) is 7.05 Å². The van der Waals surface area contributed by atoms with Gasteiger partial charge in [-0.05, 0) is 25.1 Å². The molecule has 0 aliphatic carbocycles. The summed E-state index contributed by atoms with van der Waals surface area (Å²) in [6.45, 7) is 1.71. The van der Waals surface area contributed by atoms with Crippen molar-refractivity contribution < 1.29 is 9.18 Å². The van der Waals surface area contributed by atoms with Gasteiger partial charge in [-0.1, -0.05) is 11.6 Å². The molecule has 4 N–H and O–H groups in total. The van der Waals surface area contributed by atoms with Gasteiger partial charge in [0, 0.05) is 23.0 Å². The highest BCUT2D eigenvalue weighted by molar-refractivity contribution is 6.31. The molecule has 0 unspecified atom stereocenters. The molecule has 1 amide bonds. The molecule has 0 aliphatic rings. The first-order chi connectivity index (χ1) is 11.8. The van der Waals surface area contributed by atoms with Gasteiger partial charge in [-0.2, -0.15) is 4.98 Å². The number of carbonyl (C=O) groups is 1. The molecule has 25 heavy (non-hydrogen) atoms. The van der Waals surface area contributed by atoms with E-state index in [0.29, 0.717) is 10.9 Å². The van der Waals surface area contributed by atoms with Crippen LogP contribution in [-0.4, -0.2) is 25.7 Å². The third-order valence-corrected chi connectivity index (χ3v) is 3.91. The Morgan fingerprint density at radius 1 is 1.44 bits per heavy atom. The largest absolute Gasteiger partial charge is 0.363 e. The van der Waals surface area contributed by atoms with Crippen molar-refractivity contribution in [3.8, 4) is 0 Å². The SMILES string of the molecule is C[C@H](Nc1nc(C(N)=O)n(C)n1)c1cc2cc(Cl)cc(F)c2[nH]c1=O. The average Bonchev–Trinajstić information content (AvgIpc) is 2.88. The van der Waals surface area contributed by atoms with Crippen molar-refractivity contribution in [3.05, 3.63) is 50.8 Å². The number of aryl methyl sites for hydroxylation is 1. The van der Waals surface area contributed by atoms with Gasteiger partial charge >= 0.3 is 0 Å². The number of aromatic nitrogens is 4. The molecule has 0 spiro atoms. The molecule has 2 heterocycles. The summed E-state index contributed by atoms with van der Waals surface area (Å²) in [5.41, 5.74) is 5.15. The zero-order valence-corrected chi connectivity index (χ0v) is 14.1. The van der Waals surface area contributed by atoms with Crippen LogP contribution < -0.4 is 16.6 Å². The van der Waals surface area contributed by atoms with Crippen molar-refractivity contribution in [3.63, 3.8) is 0 Å². The monoisotopic (exact) mass is 364 g/mol. The minimum Gasteiger partial charge on any atom is -0.363 e. The third kappa shape index (κ3) is 3.18. The second kappa shape index (κ2) is 6.17. The minimum atomic E-state index is -0.718. The summed E-state index contributed by atoms with van der Waals surface area (Å²) in [4.78, 5) is 30.0. The Labute approximate surface area is 145 Å². The number of amides is 1. The number of H-pyrrole nitrogens is 1. The highest BCUT2D eigenvalue weighted by Gasteiger charge is 2.17. The Hall–Kier alpha value is -2.94. The fourth-order valence-electron chi connectivity index (χ4n) is 2.51. The maximum atomic E-state index is 13.9. The highest BCUT2D eigenvalue weighted by Crippen LogP contribution is 2.23. The Morgan fingerprint density at radius 3 is 2.80 bits per heavy atom. The van der Waals surface area contributed by atoms with E-state index in [1.165, 1.54) is 11.7 Å². The fourth-order valence-corrected chi connectivity index (χ4v) is 2.72. The van der Waals surface area contributed by atoms with E-state index in [4.69, 9.17) is 17.3 Å². The van der Waals surface area contributed by atoms with Crippen molar-refractivity contribution in [1.29, 1.82) is 0 Å². The fraction of sp³-hybridized carbons (Fsp3) is 0.200. The van der Waals surface area contributed by atoms with E-state index in [2.05, 4.69) is 20.4 Å². The quantitative estimate of drug-likeness (QED) is 0.651. The number of nitrogens with one attached hydrogen (secondary N) is 2. The number of halogens is 2. The first kappa shape index (κ1) is 16.9. The van der Waals surface area contributed by atoms with Crippen LogP contribution in [0.3, 0.4) is 0 Å². The Morgan fingerprint density at radius 2 is 2.16 bits per heavy atom. The summed E-state index contributed by atoms with van der Waals surface area (Å²) >= 11 is 5.86. The molecule has 10 heteroatoms. The molecule has 0 fully saturated rings. The Bertz CT molecular complexity index is 1040. The van der Waals surface area contributed by atoms with Gasteiger partial charge in [0.1, 0.15) is 5.82 Å². The second-order valence-corrected chi connectivity index (χ2v) is 5.95. The number of nitrogens with two attached hydrogens (primary N) is 1. The Kier molecular flexibility index (Phi) is 4.17. The van der Waals surface area contributed by atoms with E-state index in [0.717, 1.165) is 6.07 Å². The molecule has 130 valence electrons. The van der Waals surface area contributed by atoms with Crippen molar-refractivity contribution in [2.45, 2.75) is 13.0 Å². The van der Waals surface area contributed by atoms with Crippen LogP contribution in [0.2, 0.25) is 5.02 Å². The lowest BCUT2D eigenvalue weighted by Crippen LogP contribution is -2.20. The van der Waals surface area contributed by atoms with E-state index in [-0.39, 0.29) is 22.3 Å². The number of nitrogens with zero attached hydrogens (tertiary/aromatic N) is 3. The minimum absolute atomic E-state index is 0.0176. The first-order valence-electron chi connectivity index (χ1n) is 7.25. The van der Waals surface area contributed by atoms with Crippen molar-refractivity contribution in [1.82, 2.24) is 19.7 Å². The topological polar surface area (TPSA) is 119 Å². The Balaban J connectivity index is 1.98. The number of pyridine rings is 1. The van der Waals surface area contributed by atoms with E-state index in [1.807, 2.05) is 0 Å². The summed E-state index contributed by atoms with van der Waals surface area (Å²) < 4.78 is 15.1. The van der Waals surface area contributed by atoms with E-state index in [1.54, 1.807) is 19.1 Å². The van der Waals surface area contributed by atoms with Crippen molar-refractivity contribution in [2.24, 2.45) is 12.8 Å². The summed E-state index contributed by atoms with van der Waals surface area (Å²) in [5.74, 6) is -1.20. The van der Waals surface area contributed by atoms with Crippen LogP contribution in [0.1, 0.15) is 29.1 Å². The van der Waals surface area contributed by atoms with Gasteiger partial charge < -0.3 is 16.0 Å². The molecule has 3 aromatic rings. The molecular formula is C15H14ClFN6O2. The molecule has 0 saturated carbocycles. The number of fused-ring (bicyclic) bond motifs is 1. The van der Waals surface area contributed by atoms with Gasteiger partial charge in [0.15, 0.2) is 0 Å². The van der Waals surface area contributed by atoms with E-state index >= 15 is 0 Å². The van der Waals surface area contributed by atoms with Gasteiger partial charge in [-0.25, -0.2) is 9.07 Å². The standard InChI is InChI=1S/C15H14ClFN6O2/c1-6(19-15-21-13(12(18)24)23(2)22-15)9-4-7-3-8(16)5-10(17)11(7)20-14(9)25/h3-6H,1-2H3,(H2,18,24)(H,19,22)(H,20,25)/t6-/m0/s1. The van der Waals surface area contributed by atoms with Crippen LogP contribution >= 0.6 is 11.6 Å². The van der Waals surface area contributed by atoms with Crippen LogP contribution in [0.25, 0.3) is 10.9 Å². The van der Waals surface area contributed by atoms with Gasteiger partial charge in [0.2, 0.25) is 11.8 Å². The van der Waals surface area contributed by atoms with Crippen molar-refractivity contribution in [2.75, 3.05) is 5.32 Å². The zero-order chi connectivity index (χ0) is 18.3. The van der Waals surface area contributed by atoms with E-state index in [9.17, 15) is 14.0 Å². The number of rotatable bonds is 4. The third-order valence-electron chi connectivity index (χ3n) is 3.69. The average molecular weight is 365 g/mol. The van der Waals surface area contributed by atoms with Gasteiger partial charge in [-0.15, -0.1) is 5.10 Å². The smallest absolute Gasteiger partial charge is 0.286 e. The molecule has 0 bridgehead atoms. The van der Waals surface area contributed by atoms with Gasteiger partial charge in [-0.3, -0.25) is 9.59 Å². The molecule has 8 nitrogen and oxygen atoms in total. The number of benzene rings is 1. The zero-order valence-electron chi connectivity index (χ0n) is 13.3. The van der Waals surface area contributed by atoms with Crippen LogP contribution in [0, 0.1) is 5.82 Å². The number of carbonyl (C=O) groups excluding carboxylic acids is 1. The molecule has 0 radical (unpaired) electrons. The molecule has 1 aromatic carbocycles. The maximum absolute atomic E-state index is 13.9. The molecule has 1 atom stereocenters. The number of hydrogen-bond acceptors (Lipinski definition) is 5. The molecular weight excluding hydrogens is 351 g/mol. The molecule has 0 aliphatic heterocycles. The lowest BCUT2D eigenvalue weighted by Gasteiger charge is -2.13. The molecule has 2 aromatic heterocycles. The summed E-state index contributed by atoms with van der Waals surface area (Å²) in [6.07, 6.45) is 0. The molecule has 3 rings (SSSR count). The predicted molar refractivity (Wildman–Crippen MR) is 91.1 cm³/mol. The number of primary amides is 1. The molecule has 0 saturated heterocycles. The van der Waals surface area contributed by atoms with Crippen LogP contribution in [0.4, 0.5) is 10.3 Å². The van der Waals surface area contributed by atoms with Crippen molar-refractivity contribution >= 4 is 34.4 Å². The number of anilines is 1. The number of aromatic amines is 1. The highest BCUT2D eigenvalue weighted by atomic mass is 35.5. The second-order valence-electron chi connectivity index (χ2n) is 5.52. The lowest BCUT2D eigenvalue weighted by molar-refractivity contribution is 0.0986. The maximum Gasteiger partial charge on any atom is 0.286 e. The van der Waals surface area contributed by atoms with Gasteiger partial charge in [0.05, 0.1) is 11.6 Å². The lowest BCUT2D eigenvalue weighted by atomic mass is 10.1. The van der Waals surface area contributed by atoms with E-state index < -0.39 is 23.3 Å². The summed E-state index contributed by atoms with van der Waals surface area (Å²) in [6, 6.07) is 3.71. The number of hydrogen-bond donors (Lipinski definition) is 3. The summed E-state index contributed by atoms with van der Waals surface area (Å²) in [7, 11) is 1.52. The predicted octanol–water partition coefficient (Wildman–Crippen LogP) is 1.72.